The Balaban J connectivity index is 3.01. The number of anilines is 1. The number of hydrogen-bond acceptors (Lipinski definition) is 7. The first-order valence-corrected chi connectivity index (χ1v) is 5.55. The highest BCUT2D eigenvalue weighted by atomic mass is 16.6. The van der Waals surface area contributed by atoms with Crippen molar-refractivity contribution in [2.24, 2.45) is 0 Å². The average Bonchev–Trinajstić information content (AvgIpc) is 2.37. The molecule has 1 heterocycles. The Morgan fingerprint density at radius 1 is 1.53 bits per heavy atom. The molecule has 19 heavy (non-hydrogen) atoms. The summed E-state index contributed by atoms with van der Waals surface area (Å²) < 4.78 is 9.70. The van der Waals surface area contributed by atoms with Gasteiger partial charge in [-0.3, -0.25) is 14.9 Å². The first-order valence-electron chi connectivity index (χ1n) is 5.55. The topological polar surface area (TPSA) is 94.8 Å². The van der Waals surface area contributed by atoms with Crippen molar-refractivity contribution in [3.05, 3.63) is 22.2 Å². The zero-order chi connectivity index (χ0) is 14.4. The first-order chi connectivity index (χ1) is 8.99. The first kappa shape index (κ1) is 14.7. The minimum atomic E-state index is -0.566. The minimum Gasteiger partial charge on any atom is -0.481 e. The summed E-state index contributed by atoms with van der Waals surface area (Å²) in [6.45, 7) is 1.80. The third-order valence-electron chi connectivity index (χ3n) is 2.27. The Bertz CT molecular complexity index is 477. The van der Waals surface area contributed by atoms with E-state index in [2.05, 4.69) is 4.98 Å². The molecule has 0 saturated heterocycles. The third kappa shape index (κ3) is 3.80. The van der Waals surface area contributed by atoms with Crippen molar-refractivity contribution in [1.82, 2.24) is 4.98 Å². The molecule has 0 aliphatic rings. The van der Waals surface area contributed by atoms with Gasteiger partial charge in [0.15, 0.2) is 0 Å². The van der Waals surface area contributed by atoms with Crippen molar-refractivity contribution in [1.29, 1.82) is 0 Å². The molecule has 8 heteroatoms. The van der Waals surface area contributed by atoms with Crippen LogP contribution in [-0.2, 0) is 9.53 Å². The number of nitro groups is 1. The zero-order valence-electron chi connectivity index (χ0n) is 11.0. The van der Waals surface area contributed by atoms with Crippen molar-refractivity contribution in [2.45, 2.75) is 6.92 Å². The van der Waals surface area contributed by atoms with Crippen LogP contribution in [-0.4, -0.2) is 43.2 Å². The fraction of sp³-hybridized carbons (Fsp3) is 0.455. The monoisotopic (exact) mass is 269 g/mol. The molecular formula is C11H15N3O5. The van der Waals surface area contributed by atoms with E-state index >= 15 is 0 Å². The summed E-state index contributed by atoms with van der Waals surface area (Å²) >= 11 is 0. The molecule has 0 radical (unpaired) electrons. The highest BCUT2D eigenvalue weighted by Crippen LogP contribution is 2.27. The van der Waals surface area contributed by atoms with Crippen LogP contribution in [0, 0.1) is 10.1 Å². The van der Waals surface area contributed by atoms with E-state index in [4.69, 9.17) is 9.47 Å². The molecule has 0 saturated carbocycles. The molecule has 1 aromatic heterocycles. The van der Waals surface area contributed by atoms with Crippen LogP contribution in [0.25, 0.3) is 0 Å². The van der Waals surface area contributed by atoms with Crippen LogP contribution in [0.4, 0.5) is 11.5 Å². The van der Waals surface area contributed by atoms with Crippen LogP contribution in [0.5, 0.6) is 5.88 Å². The minimum absolute atomic E-state index is 0.0532. The molecule has 0 amide bonds. The van der Waals surface area contributed by atoms with E-state index in [-0.39, 0.29) is 30.5 Å². The SMILES string of the molecule is CCOC(=O)CN(C)c1nc(OC)ccc1[N+](=O)[O-]. The molecule has 0 aliphatic heterocycles. The summed E-state index contributed by atoms with van der Waals surface area (Å²) in [5, 5.41) is 10.9. The molecule has 0 aromatic carbocycles. The second-order valence-corrected chi connectivity index (χ2v) is 3.61. The van der Waals surface area contributed by atoms with Crippen LogP contribution in [0.2, 0.25) is 0 Å². The lowest BCUT2D eigenvalue weighted by Gasteiger charge is -2.17. The Morgan fingerprint density at radius 3 is 2.74 bits per heavy atom. The van der Waals surface area contributed by atoms with Gasteiger partial charge in [-0.25, -0.2) is 0 Å². The van der Waals surface area contributed by atoms with Gasteiger partial charge in [-0.05, 0) is 6.92 Å². The predicted octanol–water partition coefficient (Wildman–Crippen LogP) is 0.998. The van der Waals surface area contributed by atoms with Gasteiger partial charge in [0.05, 0.1) is 18.6 Å². The number of aromatic nitrogens is 1. The Hall–Kier alpha value is -2.38. The lowest BCUT2D eigenvalue weighted by Crippen LogP contribution is -2.28. The second kappa shape index (κ2) is 6.53. The summed E-state index contributed by atoms with van der Waals surface area (Å²) in [5.74, 6) is -0.197. The second-order valence-electron chi connectivity index (χ2n) is 3.61. The summed E-state index contributed by atoms with van der Waals surface area (Å²) in [6.07, 6.45) is 0. The number of carbonyl (C=O) groups excluding carboxylic acids is 1. The van der Waals surface area contributed by atoms with Gasteiger partial charge < -0.3 is 14.4 Å². The van der Waals surface area contributed by atoms with E-state index < -0.39 is 10.9 Å². The molecule has 1 rings (SSSR count). The molecule has 0 bridgehead atoms. The number of likely N-dealkylation sites (N-methyl/N-ethyl adjacent to an activating group) is 1. The molecule has 0 spiro atoms. The number of pyridine rings is 1. The summed E-state index contributed by atoms with van der Waals surface area (Å²) in [4.78, 5) is 27.0. The largest absolute Gasteiger partial charge is 0.481 e. The van der Waals surface area contributed by atoms with Gasteiger partial charge in [0.1, 0.15) is 6.54 Å². The molecule has 0 aliphatic carbocycles. The van der Waals surface area contributed by atoms with Crippen molar-refractivity contribution in [3.8, 4) is 5.88 Å². The smallest absolute Gasteiger partial charge is 0.325 e. The highest BCUT2D eigenvalue weighted by Gasteiger charge is 2.21. The summed E-state index contributed by atoms with van der Waals surface area (Å²) in [7, 11) is 2.93. The molecule has 0 fully saturated rings. The van der Waals surface area contributed by atoms with E-state index in [0.29, 0.717) is 0 Å². The van der Waals surface area contributed by atoms with E-state index in [9.17, 15) is 14.9 Å². The number of carbonyl (C=O) groups is 1. The number of ether oxygens (including phenoxy) is 2. The van der Waals surface area contributed by atoms with Gasteiger partial charge in [-0.15, -0.1) is 0 Å². The summed E-state index contributed by atoms with van der Waals surface area (Å²) in [6, 6.07) is 2.67. The normalized spacial score (nSPS) is 9.84. The summed E-state index contributed by atoms with van der Waals surface area (Å²) in [5.41, 5.74) is -0.201. The van der Waals surface area contributed by atoms with Crippen molar-refractivity contribution in [2.75, 3.05) is 32.2 Å². The molecule has 0 unspecified atom stereocenters. The highest BCUT2D eigenvalue weighted by molar-refractivity contribution is 5.76. The van der Waals surface area contributed by atoms with Crippen LogP contribution in [0.15, 0.2) is 12.1 Å². The maximum atomic E-state index is 11.4. The average molecular weight is 269 g/mol. The van der Waals surface area contributed by atoms with Crippen molar-refractivity contribution < 1.29 is 19.2 Å². The van der Waals surface area contributed by atoms with E-state index in [1.165, 1.54) is 31.2 Å². The van der Waals surface area contributed by atoms with Gasteiger partial charge in [0.2, 0.25) is 11.7 Å². The quantitative estimate of drug-likeness (QED) is 0.432. The fourth-order valence-electron chi connectivity index (χ4n) is 1.44. The molecule has 8 nitrogen and oxygen atoms in total. The number of rotatable bonds is 6. The predicted molar refractivity (Wildman–Crippen MR) is 67.3 cm³/mol. The Kier molecular flexibility index (Phi) is 5.04. The van der Waals surface area contributed by atoms with Crippen LogP contribution in [0.1, 0.15) is 6.92 Å². The lowest BCUT2D eigenvalue weighted by atomic mass is 10.3. The van der Waals surface area contributed by atoms with Crippen molar-refractivity contribution in [3.63, 3.8) is 0 Å². The number of nitrogens with zero attached hydrogens (tertiary/aromatic N) is 3. The van der Waals surface area contributed by atoms with Gasteiger partial charge in [0, 0.05) is 19.2 Å². The lowest BCUT2D eigenvalue weighted by molar-refractivity contribution is -0.384. The van der Waals surface area contributed by atoms with Gasteiger partial charge in [0.25, 0.3) is 0 Å². The number of esters is 1. The standard InChI is InChI=1S/C11H15N3O5/c1-4-19-10(15)7-13(2)11-8(14(16)17)5-6-9(12-11)18-3/h5-6H,4,7H2,1-3H3. The van der Waals surface area contributed by atoms with Crippen LogP contribution < -0.4 is 9.64 Å². The van der Waals surface area contributed by atoms with Gasteiger partial charge in [-0.2, -0.15) is 4.98 Å². The Morgan fingerprint density at radius 2 is 2.21 bits per heavy atom. The van der Waals surface area contributed by atoms with Crippen LogP contribution >= 0.6 is 0 Å². The maximum Gasteiger partial charge on any atom is 0.325 e. The molecule has 1 aromatic rings. The molecule has 0 atom stereocenters. The molecule has 0 N–H and O–H groups in total. The van der Waals surface area contributed by atoms with Crippen molar-refractivity contribution >= 4 is 17.5 Å². The van der Waals surface area contributed by atoms with Crippen LogP contribution in [0.3, 0.4) is 0 Å². The van der Waals surface area contributed by atoms with E-state index in [0.717, 1.165) is 0 Å². The third-order valence-corrected chi connectivity index (χ3v) is 2.27. The van der Waals surface area contributed by atoms with E-state index in [1.807, 2.05) is 0 Å². The van der Waals surface area contributed by atoms with Gasteiger partial charge in [-0.1, -0.05) is 0 Å². The van der Waals surface area contributed by atoms with E-state index in [1.54, 1.807) is 6.92 Å². The number of methoxy groups -OCH3 is 1. The fourth-order valence-corrected chi connectivity index (χ4v) is 1.44. The molecule has 104 valence electrons. The maximum absolute atomic E-state index is 11.4. The number of hydrogen-bond donors (Lipinski definition) is 0. The molecular weight excluding hydrogens is 254 g/mol. The van der Waals surface area contributed by atoms with Gasteiger partial charge >= 0.3 is 11.7 Å². The zero-order valence-corrected chi connectivity index (χ0v) is 11.0. The Labute approximate surface area is 110 Å².